The Morgan fingerprint density at radius 1 is 0.800 bits per heavy atom. The number of carbonyl (C=O) groups is 2. The van der Waals surface area contributed by atoms with Crippen molar-refractivity contribution in [3.05, 3.63) is 12.2 Å². The molecule has 1 aliphatic rings. The van der Waals surface area contributed by atoms with Crippen molar-refractivity contribution >= 4 is 11.8 Å². The highest BCUT2D eigenvalue weighted by atomic mass is 19.4. The Kier molecular flexibility index (Phi) is 4.66. The Hall–Kier alpha value is -1.74. The summed E-state index contributed by atoms with van der Waals surface area (Å²) in [6.07, 6.45) is -7.66. The molecule has 20 heavy (non-hydrogen) atoms. The van der Waals surface area contributed by atoms with Crippen molar-refractivity contribution in [3.63, 3.8) is 0 Å². The fourth-order valence-corrected chi connectivity index (χ4v) is 1.63. The summed E-state index contributed by atoms with van der Waals surface area (Å²) in [7, 11) is 0. The van der Waals surface area contributed by atoms with E-state index >= 15 is 0 Å². The van der Waals surface area contributed by atoms with Gasteiger partial charge in [0.05, 0.1) is 12.1 Å². The topological polar surface area (TPSA) is 58.2 Å². The Morgan fingerprint density at radius 3 is 1.35 bits per heavy atom. The number of hydrogen-bond donors (Lipinski definition) is 2. The molecule has 10 heteroatoms. The van der Waals surface area contributed by atoms with Crippen LogP contribution >= 0.6 is 0 Å². The molecule has 0 bridgehead atoms. The maximum absolute atomic E-state index is 12.1. The highest BCUT2D eigenvalue weighted by Gasteiger charge is 2.43. The van der Waals surface area contributed by atoms with E-state index in [0.29, 0.717) is 0 Å². The van der Waals surface area contributed by atoms with Gasteiger partial charge >= 0.3 is 24.2 Å². The molecule has 2 atom stereocenters. The van der Waals surface area contributed by atoms with Crippen molar-refractivity contribution in [2.45, 2.75) is 37.3 Å². The SMILES string of the molecule is O=C(N[C@H]1CC=CC[C@H]1NC(=O)C(F)(F)F)C(F)(F)F. The lowest BCUT2D eigenvalue weighted by molar-refractivity contribution is -0.176. The smallest absolute Gasteiger partial charge is 0.343 e. The molecular formula is C10H10F6N2O2. The first kappa shape index (κ1) is 16.3. The first-order valence-corrected chi connectivity index (χ1v) is 5.42. The third-order valence-electron chi connectivity index (χ3n) is 2.58. The molecule has 0 aromatic carbocycles. The summed E-state index contributed by atoms with van der Waals surface area (Å²) in [5, 5.41) is 3.14. The maximum atomic E-state index is 12.1. The molecule has 0 unspecified atom stereocenters. The number of carbonyl (C=O) groups excluding carboxylic acids is 2. The van der Waals surface area contributed by atoms with Crippen molar-refractivity contribution in [1.29, 1.82) is 0 Å². The van der Waals surface area contributed by atoms with E-state index in [9.17, 15) is 35.9 Å². The molecule has 0 radical (unpaired) electrons. The maximum Gasteiger partial charge on any atom is 0.471 e. The largest absolute Gasteiger partial charge is 0.471 e. The number of hydrogen-bond acceptors (Lipinski definition) is 2. The van der Waals surface area contributed by atoms with Crippen LogP contribution in [0.1, 0.15) is 12.8 Å². The summed E-state index contributed by atoms with van der Waals surface area (Å²) in [5.41, 5.74) is 0. The van der Waals surface area contributed by atoms with Crippen molar-refractivity contribution < 1.29 is 35.9 Å². The second kappa shape index (κ2) is 5.71. The van der Waals surface area contributed by atoms with Crippen LogP contribution in [0.4, 0.5) is 26.3 Å². The predicted octanol–water partition coefficient (Wildman–Crippen LogP) is 1.43. The van der Waals surface area contributed by atoms with Gasteiger partial charge in [0.25, 0.3) is 0 Å². The first-order valence-electron chi connectivity index (χ1n) is 5.42. The number of alkyl halides is 6. The van der Waals surface area contributed by atoms with Gasteiger partial charge in [-0.05, 0) is 12.8 Å². The van der Waals surface area contributed by atoms with Crippen LogP contribution in [0, 0.1) is 0 Å². The molecule has 0 aliphatic heterocycles. The minimum atomic E-state index is -5.14. The fraction of sp³-hybridized carbons (Fsp3) is 0.600. The van der Waals surface area contributed by atoms with Crippen LogP contribution in [0.2, 0.25) is 0 Å². The molecular weight excluding hydrogens is 294 g/mol. The quantitative estimate of drug-likeness (QED) is 0.599. The van der Waals surface area contributed by atoms with Crippen LogP contribution in [0.15, 0.2) is 12.2 Å². The summed E-state index contributed by atoms with van der Waals surface area (Å²) < 4.78 is 72.5. The highest BCUT2D eigenvalue weighted by Crippen LogP contribution is 2.20. The van der Waals surface area contributed by atoms with Gasteiger partial charge < -0.3 is 10.6 Å². The Balaban J connectivity index is 2.71. The summed E-state index contributed by atoms with van der Waals surface area (Å²) >= 11 is 0. The van der Waals surface area contributed by atoms with Gasteiger partial charge in [-0.25, -0.2) is 0 Å². The normalized spacial score (nSPS) is 23.3. The summed E-state index contributed by atoms with van der Waals surface area (Å²) in [6, 6.07) is -2.50. The minimum absolute atomic E-state index is 0.107. The molecule has 0 saturated heterocycles. The second-order valence-electron chi connectivity index (χ2n) is 4.10. The zero-order valence-electron chi connectivity index (χ0n) is 9.81. The number of amides is 2. The molecule has 0 spiro atoms. The van der Waals surface area contributed by atoms with Gasteiger partial charge in [0.2, 0.25) is 0 Å². The lowest BCUT2D eigenvalue weighted by Gasteiger charge is -2.30. The van der Waals surface area contributed by atoms with E-state index in [2.05, 4.69) is 0 Å². The molecule has 0 fully saturated rings. The predicted molar refractivity (Wildman–Crippen MR) is 54.3 cm³/mol. The van der Waals surface area contributed by atoms with E-state index in [1.807, 2.05) is 0 Å². The van der Waals surface area contributed by atoms with Gasteiger partial charge in [0, 0.05) is 0 Å². The van der Waals surface area contributed by atoms with Crippen molar-refractivity contribution in [3.8, 4) is 0 Å². The fourth-order valence-electron chi connectivity index (χ4n) is 1.63. The van der Waals surface area contributed by atoms with Crippen LogP contribution in [0.3, 0.4) is 0 Å². The third-order valence-corrected chi connectivity index (χ3v) is 2.58. The number of halogens is 6. The van der Waals surface area contributed by atoms with Crippen molar-refractivity contribution in [2.75, 3.05) is 0 Å². The van der Waals surface area contributed by atoms with Gasteiger partial charge in [-0.1, -0.05) is 12.2 Å². The second-order valence-corrected chi connectivity index (χ2v) is 4.10. The van der Waals surface area contributed by atoms with Gasteiger partial charge in [-0.15, -0.1) is 0 Å². The summed E-state index contributed by atoms with van der Waals surface area (Å²) in [4.78, 5) is 21.5. The Bertz CT molecular complexity index is 377. The third kappa shape index (κ3) is 4.42. The molecule has 2 amide bonds. The zero-order valence-corrected chi connectivity index (χ0v) is 9.81. The standard InChI is InChI=1S/C10H10F6N2O2/c11-9(12,13)7(19)17-5-3-1-2-4-6(5)18-8(20)10(14,15)16/h1-2,5-6H,3-4H2,(H,17,19)(H,18,20)/t5-,6+. The Morgan fingerprint density at radius 2 is 1.10 bits per heavy atom. The monoisotopic (exact) mass is 304 g/mol. The van der Waals surface area contributed by atoms with E-state index in [-0.39, 0.29) is 12.8 Å². The summed E-state index contributed by atoms with van der Waals surface area (Å²) in [5.74, 6) is -4.52. The zero-order chi connectivity index (χ0) is 15.6. The molecule has 0 aromatic heterocycles. The lowest BCUT2D eigenvalue weighted by atomic mass is 9.95. The Labute approximate surface area is 109 Å². The van der Waals surface area contributed by atoms with Crippen LogP contribution in [0.5, 0.6) is 0 Å². The molecule has 4 nitrogen and oxygen atoms in total. The van der Waals surface area contributed by atoms with Crippen LogP contribution in [0.25, 0.3) is 0 Å². The van der Waals surface area contributed by atoms with Gasteiger partial charge in [0.15, 0.2) is 0 Å². The number of nitrogens with one attached hydrogen (secondary N) is 2. The first-order chi connectivity index (χ1) is 9.01. The molecule has 0 heterocycles. The van der Waals surface area contributed by atoms with E-state index < -0.39 is 36.3 Å². The van der Waals surface area contributed by atoms with Crippen molar-refractivity contribution in [1.82, 2.24) is 10.6 Å². The molecule has 0 saturated carbocycles. The van der Waals surface area contributed by atoms with E-state index in [0.717, 1.165) is 0 Å². The van der Waals surface area contributed by atoms with Gasteiger partial charge in [0.1, 0.15) is 0 Å². The van der Waals surface area contributed by atoms with Crippen LogP contribution in [-0.2, 0) is 9.59 Å². The minimum Gasteiger partial charge on any atom is -0.343 e. The molecule has 2 N–H and O–H groups in total. The van der Waals surface area contributed by atoms with Crippen LogP contribution < -0.4 is 10.6 Å². The average Bonchev–Trinajstić information content (AvgIpc) is 2.29. The molecule has 1 rings (SSSR count). The molecule has 0 aromatic rings. The van der Waals surface area contributed by atoms with Crippen molar-refractivity contribution in [2.24, 2.45) is 0 Å². The van der Waals surface area contributed by atoms with Crippen LogP contribution in [-0.4, -0.2) is 36.3 Å². The van der Waals surface area contributed by atoms with E-state index in [4.69, 9.17) is 0 Å². The number of rotatable bonds is 2. The lowest BCUT2D eigenvalue weighted by Crippen LogP contribution is -2.56. The van der Waals surface area contributed by atoms with E-state index in [1.54, 1.807) is 10.6 Å². The highest BCUT2D eigenvalue weighted by molar-refractivity contribution is 5.83. The van der Waals surface area contributed by atoms with Gasteiger partial charge in [-0.2, -0.15) is 26.3 Å². The average molecular weight is 304 g/mol. The van der Waals surface area contributed by atoms with Gasteiger partial charge in [-0.3, -0.25) is 9.59 Å². The summed E-state index contributed by atoms with van der Waals surface area (Å²) in [6.45, 7) is 0. The molecule has 114 valence electrons. The molecule has 1 aliphatic carbocycles. The van der Waals surface area contributed by atoms with E-state index in [1.165, 1.54) is 12.2 Å².